The molecule has 1 aliphatic rings. The molecule has 1 unspecified atom stereocenters. The fraction of sp³-hybridized carbons (Fsp3) is 0.579. The molecule has 132 valence electrons. The van der Waals surface area contributed by atoms with Crippen LogP contribution >= 0.6 is 0 Å². The highest BCUT2D eigenvalue weighted by molar-refractivity contribution is 5.87. The first-order valence-electron chi connectivity index (χ1n) is 8.70. The number of nitrogens with one attached hydrogen (secondary N) is 1. The molecule has 5 nitrogen and oxygen atoms in total. The number of carbonyl (C=O) groups is 2. The van der Waals surface area contributed by atoms with Crippen molar-refractivity contribution in [2.75, 3.05) is 19.6 Å². The van der Waals surface area contributed by atoms with Crippen LogP contribution in [-0.2, 0) is 15.0 Å². The summed E-state index contributed by atoms with van der Waals surface area (Å²) in [5.74, 6) is -0.251. The van der Waals surface area contributed by atoms with Gasteiger partial charge in [-0.25, -0.2) is 0 Å². The van der Waals surface area contributed by atoms with E-state index in [4.69, 9.17) is 5.73 Å². The number of hydrogen-bond donors (Lipinski definition) is 2. The maximum absolute atomic E-state index is 12.5. The highest BCUT2D eigenvalue weighted by Gasteiger charge is 2.34. The molecule has 2 amide bonds. The second-order valence-corrected chi connectivity index (χ2v) is 7.33. The lowest BCUT2D eigenvalue weighted by Crippen LogP contribution is -2.52. The van der Waals surface area contributed by atoms with Gasteiger partial charge in [-0.15, -0.1) is 0 Å². The molecule has 1 aromatic rings. The summed E-state index contributed by atoms with van der Waals surface area (Å²) in [6, 6.07) is 9.75. The van der Waals surface area contributed by atoms with Crippen LogP contribution in [0.25, 0.3) is 0 Å². The zero-order chi connectivity index (χ0) is 17.7. The number of piperidine rings is 1. The molecule has 0 spiro atoms. The van der Waals surface area contributed by atoms with Crippen LogP contribution in [0.5, 0.6) is 0 Å². The quantitative estimate of drug-likeness (QED) is 0.862. The fourth-order valence-corrected chi connectivity index (χ4v) is 3.22. The number of carbonyl (C=O) groups excluding carboxylic acids is 2. The Kier molecular flexibility index (Phi) is 5.99. The SMILES string of the molecule is CC(C)[C@H](N)C(=O)NCC(=O)N1CCCC(C)(c2ccccc2)C1. The van der Waals surface area contributed by atoms with Crippen molar-refractivity contribution in [3.05, 3.63) is 35.9 Å². The van der Waals surface area contributed by atoms with Crippen LogP contribution in [0.1, 0.15) is 39.2 Å². The molecule has 24 heavy (non-hydrogen) atoms. The van der Waals surface area contributed by atoms with Crippen molar-refractivity contribution in [1.29, 1.82) is 0 Å². The second kappa shape index (κ2) is 7.79. The van der Waals surface area contributed by atoms with Gasteiger partial charge in [0.1, 0.15) is 0 Å². The normalized spacial score (nSPS) is 22.3. The van der Waals surface area contributed by atoms with Crippen LogP contribution in [0.3, 0.4) is 0 Å². The number of amides is 2. The lowest BCUT2D eigenvalue weighted by molar-refractivity contribution is -0.135. The van der Waals surface area contributed by atoms with Crippen molar-refractivity contribution >= 4 is 11.8 Å². The van der Waals surface area contributed by atoms with Crippen molar-refractivity contribution in [3.8, 4) is 0 Å². The van der Waals surface area contributed by atoms with E-state index in [0.717, 1.165) is 19.4 Å². The number of nitrogens with two attached hydrogens (primary N) is 1. The van der Waals surface area contributed by atoms with Crippen molar-refractivity contribution in [2.45, 2.75) is 45.1 Å². The van der Waals surface area contributed by atoms with Gasteiger partial charge in [0, 0.05) is 18.5 Å². The largest absolute Gasteiger partial charge is 0.346 e. The number of rotatable bonds is 5. The molecule has 1 heterocycles. The average Bonchev–Trinajstić information content (AvgIpc) is 2.59. The summed E-state index contributed by atoms with van der Waals surface area (Å²) < 4.78 is 0. The van der Waals surface area contributed by atoms with Gasteiger partial charge in [-0.3, -0.25) is 9.59 Å². The van der Waals surface area contributed by atoms with Gasteiger partial charge in [0.05, 0.1) is 12.6 Å². The van der Waals surface area contributed by atoms with Gasteiger partial charge in [0.15, 0.2) is 0 Å². The molecular formula is C19H29N3O2. The summed E-state index contributed by atoms with van der Waals surface area (Å²) in [4.78, 5) is 26.3. The van der Waals surface area contributed by atoms with Gasteiger partial charge in [-0.2, -0.15) is 0 Å². The summed E-state index contributed by atoms with van der Waals surface area (Å²) in [5, 5.41) is 2.67. The van der Waals surface area contributed by atoms with Crippen molar-refractivity contribution in [3.63, 3.8) is 0 Å². The van der Waals surface area contributed by atoms with E-state index in [-0.39, 0.29) is 29.7 Å². The standard InChI is InChI=1S/C19H29N3O2/c1-14(2)17(20)18(24)21-12-16(23)22-11-7-10-19(3,13-22)15-8-5-4-6-9-15/h4-6,8-9,14,17H,7,10-13,20H2,1-3H3,(H,21,24)/t17-,19?/m0/s1. The van der Waals surface area contributed by atoms with Gasteiger partial charge in [-0.1, -0.05) is 51.1 Å². The molecule has 1 saturated heterocycles. The summed E-state index contributed by atoms with van der Waals surface area (Å²) in [5.41, 5.74) is 7.03. The van der Waals surface area contributed by atoms with E-state index in [1.54, 1.807) is 0 Å². The van der Waals surface area contributed by atoms with Crippen LogP contribution in [-0.4, -0.2) is 42.4 Å². The van der Waals surface area contributed by atoms with Crippen molar-refractivity contribution in [2.24, 2.45) is 11.7 Å². The van der Waals surface area contributed by atoms with Gasteiger partial charge < -0.3 is 16.0 Å². The summed E-state index contributed by atoms with van der Waals surface area (Å²) in [6.45, 7) is 7.43. The monoisotopic (exact) mass is 331 g/mol. The van der Waals surface area contributed by atoms with Gasteiger partial charge in [0.2, 0.25) is 11.8 Å². The van der Waals surface area contributed by atoms with Gasteiger partial charge >= 0.3 is 0 Å². The zero-order valence-electron chi connectivity index (χ0n) is 14.9. The average molecular weight is 331 g/mol. The Hall–Kier alpha value is -1.88. The first kappa shape index (κ1) is 18.5. The highest BCUT2D eigenvalue weighted by Crippen LogP contribution is 2.33. The first-order chi connectivity index (χ1) is 11.3. The van der Waals surface area contributed by atoms with Crippen LogP contribution in [0.2, 0.25) is 0 Å². The lowest BCUT2D eigenvalue weighted by atomic mass is 9.76. The van der Waals surface area contributed by atoms with Crippen LogP contribution in [0.15, 0.2) is 30.3 Å². The summed E-state index contributed by atoms with van der Waals surface area (Å²) in [6.07, 6.45) is 2.03. The molecule has 0 radical (unpaired) electrons. The molecule has 3 N–H and O–H groups in total. The maximum Gasteiger partial charge on any atom is 0.241 e. The summed E-state index contributed by atoms with van der Waals surface area (Å²) >= 11 is 0. The van der Waals surface area contributed by atoms with E-state index in [2.05, 4.69) is 24.4 Å². The van der Waals surface area contributed by atoms with E-state index in [9.17, 15) is 9.59 Å². The lowest BCUT2D eigenvalue weighted by Gasteiger charge is -2.41. The Labute approximate surface area is 144 Å². The second-order valence-electron chi connectivity index (χ2n) is 7.33. The van der Waals surface area contributed by atoms with Crippen LogP contribution in [0, 0.1) is 5.92 Å². The van der Waals surface area contributed by atoms with Gasteiger partial charge in [-0.05, 0) is 24.3 Å². The Bertz CT molecular complexity index is 573. The first-order valence-corrected chi connectivity index (χ1v) is 8.70. The Morgan fingerprint density at radius 3 is 2.58 bits per heavy atom. The number of likely N-dealkylation sites (tertiary alicyclic amines) is 1. The number of benzene rings is 1. The molecule has 0 saturated carbocycles. The Balaban J connectivity index is 1.94. The van der Waals surface area contributed by atoms with E-state index in [1.165, 1.54) is 5.56 Å². The minimum Gasteiger partial charge on any atom is -0.346 e. The molecule has 1 fully saturated rings. The third-order valence-electron chi connectivity index (χ3n) is 4.95. The highest BCUT2D eigenvalue weighted by atomic mass is 16.2. The number of hydrogen-bond acceptors (Lipinski definition) is 3. The molecule has 1 aromatic carbocycles. The van der Waals surface area contributed by atoms with E-state index >= 15 is 0 Å². The minimum absolute atomic E-state index is 0.0180. The van der Waals surface area contributed by atoms with E-state index in [0.29, 0.717) is 6.54 Å². The molecule has 0 bridgehead atoms. The van der Waals surface area contributed by atoms with Crippen molar-refractivity contribution in [1.82, 2.24) is 10.2 Å². The molecule has 0 aliphatic carbocycles. The molecule has 2 rings (SSSR count). The minimum atomic E-state index is -0.575. The van der Waals surface area contributed by atoms with Crippen LogP contribution in [0.4, 0.5) is 0 Å². The maximum atomic E-state index is 12.5. The van der Waals surface area contributed by atoms with Gasteiger partial charge in [0.25, 0.3) is 0 Å². The smallest absolute Gasteiger partial charge is 0.241 e. The topological polar surface area (TPSA) is 75.4 Å². The predicted octanol–water partition coefficient (Wildman–Crippen LogP) is 1.67. The van der Waals surface area contributed by atoms with E-state index < -0.39 is 6.04 Å². The Morgan fingerprint density at radius 2 is 1.96 bits per heavy atom. The number of nitrogens with zero attached hydrogens (tertiary/aromatic N) is 1. The van der Waals surface area contributed by atoms with Crippen LogP contribution < -0.4 is 11.1 Å². The molecule has 2 atom stereocenters. The van der Waals surface area contributed by atoms with E-state index in [1.807, 2.05) is 36.9 Å². The zero-order valence-corrected chi connectivity index (χ0v) is 14.9. The predicted molar refractivity (Wildman–Crippen MR) is 95.4 cm³/mol. The molecule has 1 aliphatic heterocycles. The third kappa shape index (κ3) is 4.35. The summed E-state index contributed by atoms with van der Waals surface area (Å²) in [7, 11) is 0. The Morgan fingerprint density at radius 1 is 1.29 bits per heavy atom. The third-order valence-corrected chi connectivity index (χ3v) is 4.95. The molecule has 0 aromatic heterocycles. The van der Waals surface area contributed by atoms with Crippen molar-refractivity contribution < 1.29 is 9.59 Å². The fourth-order valence-electron chi connectivity index (χ4n) is 3.22. The molecule has 5 heteroatoms. The molecular weight excluding hydrogens is 302 g/mol.